The molecule has 0 saturated carbocycles. The molecule has 3 heterocycles. The molecule has 1 amide bonds. The Labute approximate surface area is 129 Å². The molecule has 22 heavy (non-hydrogen) atoms. The fourth-order valence-electron chi connectivity index (χ4n) is 2.99. The van der Waals surface area contributed by atoms with Gasteiger partial charge in [-0.15, -0.1) is 0 Å². The van der Waals surface area contributed by atoms with Crippen LogP contribution >= 0.6 is 0 Å². The molecule has 0 aromatic carbocycles. The van der Waals surface area contributed by atoms with Gasteiger partial charge in [-0.2, -0.15) is 5.10 Å². The highest BCUT2D eigenvalue weighted by molar-refractivity contribution is 5.93. The van der Waals surface area contributed by atoms with E-state index in [0.717, 1.165) is 31.6 Å². The van der Waals surface area contributed by atoms with Crippen LogP contribution in [0.2, 0.25) is 0 Å². The van der Waals surface area contributed by atoms with Crippen LogP contribution in [0.25, 0.3) is 0 Å². The lowest BCUT2D eigenvalue weighted by molar-refractivity contribution is -0.121. The first-order chi connectivity index (χ1) is 10.6. The number of aromatic nitrogens is 3. The summed E-state index contributed by atoms with van der Waals surface area (Å²) in [5.41, 5.74) is 0.751. The number of anilines is 1. The number of carbonyl (C=O) groups excluding carboxylic acids is 1. The number of hydrogen-bond donors (Lipinski definition) is 1. The second-order valence-corrected chi connectivity index (χ2v) is 5.76. The van der Waals surface area contributed by atoms with Gasteiger partial charge >= 0.3 is 0 Å². The zero-order valence-electron chi connectivity index (χ0n) is 12.9. The highest BCUT2D eigenvalue weighted by Crippen LogP contribution is 2.22. The Kier molecular flexibility index (Phi) is 4.24. The molecule has 0 bridgehead atoms. The van der Waals surface area contributed by atoms with Crippen LogP contribution in [-0.2, 0) is 11.3 Å². The minimum Gasteiger partial charge on any atom is -0.338 e. The van der Waals surface area contributed by atoms with Crippen molar-refractivity contribution in [1.82, 2.24) is 19.8 Å². The van der Waals surface area contributed by atoms with Crippen LogP contribution in [0.1, 0.15) is 25.5 Å². The summed E-state index contributed by atoms with van der Waals surface area (Å²) in [6, 6.07) is 3.75. The van der Waals surface area contributed by atoms with Gasteiger partial charge in [-0.1, -0.05) is 5.16 Å². The van der Waals surface area contributed by atoms with Crippen LogP contribution in [0.15, 0.2) is 29.0 Å². The van der Waals surface area contributed by atoms with Gasteiger partial charge in [0.2, 0.25) is 11.8 Å². The molecule has 1 aliphatic heterocycles. The standard InChI is InChI=1S/C15H21N5O2/c1-11-9-14(22-18-11)17-15(21)12(2)20-8-3-5-13(20)10-19-7-4-6-16-19/h4,6-7,9,12-13H,3,5,8,10H2,1-2H3,(H,17,21)/t12-,13-/m0/s1. The molecule has 0 unspecified atom stereocenters. The van der Waals surface area contributed by atoms with Crippen LogP contribution in [-0.4, -0.2) is 44.4 Å². The smallest absolute Gasteiger partial charge is 0.243 e. The summed E-state index contributed by atoms with van der Waals surface area (Å²) < 4.78 is 6.97. The fourth-order valence-corrected chi connectivity index (χ4v) is 2.99. The third-order valence-electron chi connectivity index (χ3n) is 4.13. The largest absolute Gasteiger partial charge is 0.338 e. The summed E-state index contributed by atoms with van der Waals surface area (Å²) in [6.45, 7) is 5.49. The normalized spacial score (nSPS) is 20.2. The molecule has 1 N–H and O–H groups in total. The molecular formula is C15H21N5O2. The predicted octanol–water partition coefficient (Wildman–Crippen LogP) is 1.67. The van der Waals surface area contributed by atoms with Gasteiger partial charge in [0.15, 0.2) is 0 Å². The molecule has 0 radical (unpaired) electrons. The van der Waals surface area contributed by atoms with Crippen molar-refractivity contribution in [1.29, 1.82) is 0 Å². The van der Waals surface area contributed by atoms with E-state index >= 15 is 0 Å². The van der Waals surface area contributed by atoms with E-state index in [4.69, 9.17) is 4.52 Å². The molecule has 0 spiro atoms. The quantitative estimate of drug-likeness (QED) is 0.909. The molecular weight excluding hydrogens is 282 g/mol. The predicted molar refractivity (Wildman–Crippen MR) is 81.3 cm³/mol. The first-order valence-electron chi connectivity index (χ1n) is 7.61. The Morgan fingerprint density at radius 1 is 1.59 bits per heavy atom. The van der Waals surface area contributed by atoms with Gasteiger partial charge in [0.25, 0.3) is 0 Å². The highest BCUT2D eigenvalue weighted by atomic mass is 16.5. The van der Waals surface area contributed by atoms with E-state index in [-0.39, 0.29) is 11.9 Å². The van der Waals surface area contributed by atoms with E-state index in [1.54, 1.807) is 12.3 Å². The van der Waals surface area contributed by atoms with Gasteiger partial charge in [-0.3, -0.25) is 19.7 Å². The Morgan fingerprint density at radius 2 is 2.45 bits per heavy atom. The van der Waals surface area contributed by atoms with E-state index in [0.29, 0.717) is 11.9 Å². The highest BCUT2D eigenvalue weighted by Gasteiger charge is 2.32. The molecule has 7 heteroatoms. The zero-order chi connectivity index (χ0) is 15.5. The maximum absolute atomic E-state index is 12.4. The number of rotatable bonds is 5. The second kappa shape index (κ2) is 6.31. The number of aryl methyl sites for hydroxylation is 1. The Bertz CT molecular complexity index is 622. The number of carbonyl (C=O) groups is 1. The van der Waals surface area contributed by atoms with Crippen molar-refractivity contribution in [3.05, 3.63) is 30.2 Å². The van der Waals surface area contributed by atoms with Crippen molar-refractivity contribution >= 4 is 11.8 Å². The number of nitrogens with one attached hydrogen (secondary N) is 1. The van der Waals surface area contributed by atoms with Crippen molar-refractivity contribution in [3.8, 4) is 0 Å². The maximum Gasteiger partial charge on any atom is 0.243 e. The minimum absolute atomic E-state index is 0.0662. The first kappa shape index (κ1) is 14.8. The van der Waals surface area contributed by atoms with Crippen LogP contribution in [0.4, 0.5) is 5.88 Å². The molecule has 1 aliphatic rings. The van der Waals surface area contributed by atoms with E-state index < -0.39 is 0 Å². The minimum atomic E-state index is -0.214. The van der Waals surface area contributed by atoms with Crippen LogP contribution < -0.4 is 5.32 Å². The van der Waals surface area contributed by atoms with Gasteiger partial charge in [-0.25, -0.2) is 0 Å². The second-order valence-electron chi connectivity index (χ2n) is 5.76. The molecule has 1 fully saturated rings. The third-order valence-corrected chi connectivity index (χ3v) is 4.13. The molecule has 7 nitrogen and oxygen atoms in total. The third kappa shape index (κ3) is 3.19. The van der Waals surface area contributed by atoms with Crippen LogP contribution in [0.5, 0.6) is 0 Å². The van der Waals surface area contributed by atoms with Gasteiger partial charge < -0.3 is 4.52 Å². The molecule has 1 saturated heterocycles. The molecule has 118 valence electrons. The van der Waals surface area contributed by atoms with E-state index in [9.17, 15) is 4.79 Å². The lowest BCUT2D eigenvalue weighted by Gasteiger charge is -2.29. The summed E-state index contributed by atoms with van der Waals surface area (Å²) in [6.07, 6.45) is 5.92. The summed E-state index contributed by atoms with van der Waals surface area (Å²) >= 11 is 0. The van der Waals surface area contributed by atoms with Crippen LogP contribution in [0.3, 0.4) is 0 Å². The summed E-state index contributed by atoms with van der Waals surface area (Å²) in [7, 11) is 0. The van der Waals surface area contributed by atoms with Crippen molar-refractivity contribution in [2.24, 2.45) is 0 Å². The molecule has 3 rings (SSSR count). The van der Waals surface area contributed by atoms with Gasteiger partial charge in [0.05, 0.1) is 18.3 Å². The number of nitrogens with zero attached hydrogens (tertiary/aromatic N) is 4. The number of hydrogen-bond acceptors (Lipinski definition) is 5. The number of likely N-dealkylation sites (tertiary alicyclic amines) is 1. The lowest BCUT2D eigenvalue weighted by atomic mass is 10.2. The van der Waals surface area contributed by atoms with Crippen LogP contribution in [0, 0.1) is 6.92 Å². The molecule has 0 aliphatic carbocycles. The van der Waals surface area contributed by atoms with E-state index in [1.165, 1.54) is 0 Å². The van der Waals surface area contributed by atoms with Gasteiger partial charge in [0, 0.05) is 24.5 Å². The average Bonchev–Trinajstić information content (AvgIpc) is 3.21. The van der Waals surface area contributed by atoms with Crippen molar-refractivity contribution < 1.29 is 9.32 Å². The Morgan fingerprint density at radius 3 is 3.14 bits per heavy atom. The SMILES string of the molecule is Cc1cc(NC(=O)[C@H](C)N2CCC[C@H]2Cn2cccn2)on1. The Hall–Kier alpha value is -2.15. The molecule has 2 atom stereocenters. The summed E-state index contributed by atoms with van der Waals surface area (Å²) in [5.74, 6) is 0.334. The lowest BCUT2D eigenvalue weighted by Crippen LogP contribution is -2.46. The zero-order valence-corrected chi connectivity index (χ0v) is 12.9. The van der Waals surface area contributed by atoms with Gasteiger partial charge in [0.1, 0.15) is 0 Å². The number of amides is 1. The summed E-state index contributed by atoms with van der Waals surface area (Å²) in [5, 5.41) is 10.8. The summed E-state index contributed by atoms with van der Waals surface area (Å²) in [4.78, 5) is 14.6. The van der Waals surface area contributed by atoms with Gasteiger partial charge in [-0.05, 0) is 39.3 Å². The average molecular weight is 303 g/mol. The van der Waals surface area contributed by atoms with Crippen molar-refractivity contribution in [2.45, 2.75) is 45.3 Å². The topological polar surface area (TPSA) is 76.2 Å². The maximum atomic E-state index is 12.4. The van der Waals surface area contributed by atoms with Crippen molar-refractivity contribution in [2.75, 3.05) is 11.9 Å². The molecule has 2 aromatic heterocycles. The van der Waals surface area contributed by atoms with E-state index in [1.807, 2.05) is 30.8 Å². The molecule has 2 aromatic rings. The first-order valence-corrected chi connectivity index (χ1v) is 7.61. The van der Waals surface area contributed by atoms with Crippen molar-refractivity contribution in [3.63, 3.8) is 0 Å². The fraction of sp³-hybridized carbons (Fsp3) is 0.533. The van der Waals surface area contributed by atoms with E-state index in [2.05, 4.69) is 20.5 Å². The monoisotopic (exact) mass is 303 g/mol. The Balaban J connectivity index is 1.62.